The van der Waals surface area contributed by atoms with E-state index in [1.165, 1.54) is 25.1 Å². The zero-order valence-electron chi connectivity index (χ0n) is 28.0. The van der Waals surface area contributed by atoms with Crippen molar-refractivity contribution >= 4 is 11.0 Å². The van der Waals surface area contributed by atoms with E-state index in [0.29, 0.717) is 0 Å². The van der Waals surface area contributed by atoms with Gasteiger partial charge in [0.25, 0.3) is 0 Å². The zero-order chi connectivity index (χ0) is 38.7. The number of aliphatic hydroxyl groups excluding tert-OH is 10. The first-order valence-corrected chi connectivity index (χ1v) is 16.3. The van der Waals surface area contributed by atoms with Gasteiger partial charge in [0.1, 0.15) is 90.6 Å². The second-order valence-electron chi connectivity index (χ2n) is 12.5. The molecule has 12 atom stereocenters. The number of aliphatic hydroxyl groups is 10. The maximum absolute atomic E-state index is 14.0. The molecule has 20 heteroatoms. The Bertz CT molecular complexity index is 1750. The standard InChI is InChI=1S/C33H42O20/c1-12-23(40)26(43)28(45)32(50-12)49-11-21-24(41)27(44)29(46)33(52-21)53-31-25(42)22-18(39)5-16(47-9-14(36)7-34)6-20(22)51-30(31)13-2-3-19(17(38)4-13)48-10-15(37)8-35/h2-6,12,14-15,21,23-24,26-29,32-41,43-46H,7-11H2,1H3/t12-,14?,15?,21+,23-,24+,26+,27-,28+,29+,32+,33-/m0/s1. The summed E-state index contributed by atoms with van der Waals surface area (Å²) in [6, 6.07) is 5.80. The van der Waals surface area contributed by atoms with Gasteiger partial charge in [-0.2, -0.15) is 0 Å². The second kappa shape index (κ2) is 17.1. The molecule has 2 saturated heterocycles. The van der Waals surface area contributed by atoms with Crippen LogP contribution in [0, 0.1) is 0 Å². The number of hydrogen-bond acceptors (Lipinski definition) is 20. The third-order valence-corrected chi connectivity index (χ3v) is 8.56. The Morgan fingerprint density at radius 1 is 0.755 bits per heavy atom. The number of rotatable bonds is 14. The van der Waals surface area contributed by atoms with Crippen LogP contribution in [0.25, 0.3) is 22.3 Å². The van der Waals surface area contributed by atoms with Crippen LogP contribution in [-0.2, 0) is 14.2 Å². The molecular weight excluding hydrogens is 716 g/mol. The highest BCUT2D eigenvalue weighted by Crippen LogP contribution is 2.40. The smallest absolute Gasteiger partial charge is 0.239 e. The quantitative estimate of drug-likeness (QED) is 0.0754. The number of phenolic OH excluding ortho intramolecular Hbond substituents is 2. The van der Waals surface area contributed by atoms with Crippen LogP contribution in [0.15, 0.2) is 39.5 Å². The Kier molecular flexibility index (Phi) is 13.0. The first kappa shape index (κ1) is 40.3. The highest BCUT2D eigenvalue weighted by molar-refractivity contribution is 5.88. The lowest BCUT2D eigenvalue weighted by Gasteiger charge is -2.42. The lowest BCUT2D eigenvalue weighted by Crippen LogP contribution is -2.61. The van der Waals surface area contributed by atoms with Gasteiger partial charge in [-0.25, -0.2) is 0 Å². The average molecular weight is 759 g/mol. The van der Waals surface area contributed by atoms with Crippen molar-refractivity contribution in [3.63, 3.8) is 0 Å². The molecule has 12 N–H and O–H groups in total. The number of benzene rings is 2. The summed E-state index contributed by atoms with van der Waals surface area (Å²) in [5.41, 5.74) is -1.41. The van der Waals surface area contributed by atoms with Crippen LogP contribution >= 0.6 is 0 Å². The summed E-state index contributed by atoms with van der Waals surface area (Å²) in [6.45, 7) is -1.26. The molecule has 0 aliphatic carbocycles. The molecule has 2 fully saturated rings. The van der Waals surface area contributed by atoms with E-state index >= 15 is 0 Å². The monoisotopic (exact) mass is 758 g/mol. The molecule has 2 aromatic carbocycles. The van der Waals surface area contributed by atoms with E-state index in [2.05, 4.69) is 0 Å². The topological polar surface area (TPSA) is 328 Å². The average Bonchev–Trinajstić information content (AvgIpc) is 3.14. The number of hydrogen-bond donors (Lipinski definition) is 12. The molecule has 3 heterocycles. The van der Waals surface area contributed by atoms with Gasteiger partial charge in [0, 0.05) is 17.7 Å². The van der Waals surface area contributed by atoms with Crippen molar-refractivity contribution < 1.29 is 94.1 Å². The molecule has 2 unspecified atom stereocenters. The zero-order valence-corrected chi connectivity index (χ0v) is 28.0. The van der Waals surface area contributed by atoms with Gasteiger partial charge in [0.2, 0.25) is 17.5 Å². The summed E-state index contributed by atoms with van der Waals surface area (Å²) in [7, 11) is 0. The molecule has 5 rings (SSSR count). The van der Waals surface area contributed by atoms with Crippen molar-refractivity contribution in [2.45, 2.75) is 80.5 Å². The van der Waals surface area contributed by atoms with E-state index in [4.69, 9.17) is 43.1 Å². The van der Waals surface area contributed by atoms with Crippen molar-refractivity contribution in [2.75, 3.05) is 33.0 Å². The largest absolute Gasteiger partial charge is 0.507 e. The summed E-state index contributed by atoms with van der Waals surface area (Å²) < 4.78 is 39.0. The van der Waals surface area contributed by atoms with E-state index in [9.17, 15) is 55.9 Å². The molecule has 2 aliphatic rings. The van der Waals surface area contributed by atoms with E-state index in [1.54, 1.807) is 0 Å². The van der Waals surface area contributed by atoms with Gasteiger partial charge < -0.3 is 94.1 Å². The van der Waals surface area contributed by atoms with Crippen molar-refractivity contribution in [2.24, 2.45) is 0 Å². The van der Waals surface area contributed by atoms with Crippen LogP contribution in [0.1, 0.15) is 6.92 Å². The minimum absolute atomic E-state index is 0.0582. The lowest BCUT2D eigenvalue weighted by atomic mass is 9.98. The molecule has 294 valence electrons. The summed E-state index contributed by atoms with van der Waals surface area (Å²) in [5.74, 6) is -2.61. The SMILES string of the molecule is C[C@@H]1O[C@@H](OC[C@H]2O[C@@H](Oc3c(-c4ccc(OCC(O)CO)c(O)c4)oc4cc(OCC(O)CO)cc(O)c4c3=O)[C@H](O)[C@@H](O)[C@@H]2O)[C@H](O)[C@H](O)[C@H]1O. The van der Waals surface area contributed by atoms with E-state index in [-0.39, 0.29) is 29.3 Å². The van der Waals surface area contributed by atoms with E-state index in [1.807, 2.05) is 0 Å². The Morgan fingerprint density at radius 3 is 2.06 bits per heavy atom. The molecule has 2 aliphatic heterocycles. The number of phenols is 2. The molecule has 0 amide bonds. The molecule has 0 radical (unpaired) electrons. The van der Waals surface area contributed by atoms with Crippen molar-refractivity contribution in [1.29, 1.82) is 0 Å². The minimum Gasteiger partial charge on any atom is -0.507 e. The van der Waals surface area contributed by atoms with Crippen LogP contribution in [-0.4, -0.2) is 168 Å². The molecule has 0 bridgehead atoms. The van der Waals surface area contributed by atoms with E-state index < -0.39 is 134 Å². The van der Waals surface area contributed by atoms with Crippen LogP contribution in [0.2, 0.25) is 0 Å². The molecule has 3 aromatic rings. The number of ether oxygens (including phenoxy) is 6. The fourth-order valence-corrected chi connectivity index (χ4v) is 5.51. The van der Waals surface area contributed by atoms with Crippen molar-refractivity contribution in [3.8, 4) is 40.1 Å². The van der Waals surface area contributed by atoms with Gasteiger partial charge in [0.05, 0.1) is 25.9 Å². The summed E-state index contributed by atoms with van der Waals surface area (Å²) >= 11 is 0. The van der Waals surface area contributed by atoms with Crippen LogP contribution in [0.3, 0.4) is 0 Å². The number of aromatic hydroxyl groups is 2. The maximum atomic E-state index is 14.0. The van der Waals surface area contributed by atoms with Gasteiger partial charge in [-0.3, -0.25) is 4.79 Å². The molecule has 20 nitrogen and oxygen atoms in total. The summed E-state index contributed by atoms with van der Waals surface area (Å²) in [5, 5.41) is 121. The van der Waals surface area contributed by atoms with Gasteiger partial charge in [-0.15, -0.1) is 0 Å². The molecule has 0 saturated carbocycles. The van der Waals surface area contributed by atoms with Crippen molar-refractivity contribution in [3.05, 3.63) is 40.6 Å². The predicted molar refractivity (Wildman–Crippen MR) is 174 cm³/mol. The fourth-order valence-electron chi connectivity index (χ4n) is 5.51. The highest BCUT2D eigenvalue weighted by Gasteiger charge is 2.48. The van der Waals surface area contributed by atoms with Gasteiger partial charge in [-0.05, 0) is 25.1 Å². The predicted octanol–water partition coefficient (Wildman–Crippen LogP) is -3.63. The second-order valence-corrected chi connectivity index (χ2v) is 12.5. The molecule has 53 heavy (non-hydrogen) atoms. The fraction of sp³-hybridized carbons (Fsp3) is 0.545. The first-order chi connectivity index (χ1) is 25.1. The Morgan fingerprint density at radius 2 is 1.40 bits per heavy atom. The van der Waals surface area contributed by atoms with Gasteiger partial charge in [-0.1, -0.05) is 0 Å². The molecule has 1 aromatic heterocycles. The Balaban J connectivity index is 1.50. The Hall–Kier alpha value is -3.87. The van der Waals surface area contributed by atoms with Gasteiger partial charge >= 0.3 is 0 Å². The maximum Gasteiger partial charge on any atom is 0.239 e. The van der Waals surface area contributed by atoms with Crippen LogP contribution < -0.4 is 19.6 Å². The third kappa shape index (κ3) is 8.76. The van der Waals surface area contributed by atoms with Crippen molar-refractivity contribution in [1.82, 2.24) is 0 Å². The van der Waals surface area contributed by atoms with Crippen LogP contribution in [0.5, 0.6) is 28.7 Å². The first-order valence-electron chi connectivity index (χ1n) is 16.3. The lowest BCUT2D eigenvalue weighted by molar-refractivity contribution is -0.318. The highest BCUT2D eigenvalue weighted by atomic mass is 16.7. The van der Waals surface area contributed by atoms with Crippen LogP contribution in [0.4, 0.5) is 0 Å². The Labute approximate surface area is 299 Å². The number of fused-ring (bicyclic) bond motifs is 1. The minimum atomic E-state index is -2.03. The normalized spacial score (nSPS) is 30.2. The molecular formula is C33H42O20. The van der Waals surface area contributed by atoms with Gasteiger partial charge in [0.15, 0.2) is 23.5 Å². The molecule has 0 spiro atoms. The third-order valence-electron chi connectivity index (χ3n) is 8.56. The summed E-state index contributed by atoms with van der Waals surface area (Å²) in [6.07, 6.45) is -19.1. The summed E-state index contributed by atoms with van der Waals surface area (Å²) in [4.78, 5) is 14.0. The van der Waals surface area contributed by atoms with E-state index in [0.717, 1.165) is 12.1 Å².